The summed E-state index contributed by atoms with van der Waals surface area (Å²) in [7, 11) is 1.74. The molecule has 2 heterocycles. The molecule has 3 unspecified atom stereocenters. The SMILES string of the molecule is COC1CN(C(=O)C2CCCN2)CCC1C.Cl. The highest BCUT2D eigenvalue weighted by atomic mass is 35.5. The van der Waals surface area contributed by atoms with E-state index in [1.807, 2.05) is 4.90 Å². The lowest BCUT2D eigenvalue weighted by atomic mass is 9.95. The Bertz CT molecular complexity index is 257. The molecule has 2 fully saturated rings. The van der Waals surface area contributed by atoms with Gasteiger partial charge in [0.2, 0.25) is 5.91 Å². The van der Waals surface area contributed by atoms with Crippen LogP contribution in [0, 0.1) is 5.92 Å². The molecule has 0 aromatic rings. The van der Waals surface area contributed by atoms with Crippen molar-refractivity contribution in [2.24, 2.45) is 5.92 Å². The smallest absolute Gasteiger partial charge is 0.239 e. The van der Waals surface area contributed by atoms with Crippen molar-refractivity contribution in [3.05, 3.63) is 0 Å². The van der Waals surface area contributed by atoms with Gasteiger partial charge in [-0.1, -0.05) is 6.92 Å². The van der Waals surface area contributed by atoms with Gasteiger partial charge in [0.1, 0.15) is 0 Å². The molecule has 0 spiro atoms. The van der Waals surface area contributed by atoms with Gasteiger partial charge in [-0.3, -0.25) is 4.79 Å². The van der Waals surface area contributed by atoms with E-state index in [2.05, 4.69) is 12.2 Å². The molecule has 0 radical (unpaired) electrons. The molecule has 2 aliphatic rings. The van der Waals surface area contributed by atoms with Crippen LogP contribution in [-0.2, 0) is 9.53 Å². The van der Waals surface area contributed by atoms with Gasteiger partial charge in [0, 0.05) is 20.2 Å². The molecule has 4 nitrogen and oxygen atoms in total. The number of amides is 1. The molecule has 2 saturated heterocycles. The Hall–Kier alpha value is -0.320. The van der Waals surface area contributed by atoms with Gasteiger partial charge in [-0.2, -0.15) is 0 Å². The maximum Gasteiger partial charge on any atom is 0.239 e. The molecule has 2 aliphatic heterocycles. The topological polar surface area (TPSA) is 41.6 Å². The summed E-state index contributed by atoms with van der Waals surface area (Å²) >= 11 is 0. The Balaban J connectivity index is 0.00000144. The monoisotopic (exact) mass is 262 g/mol. The lowest BCUT2D eigenvalue weighted by molar-refractivity contribution is -0.138. The first-order valence-electron chi connectivity index (χ1n) is 6.27. The standard InChI is InChI=1S/C12H22N2O2.ClH/c1-9-5-7-14(8-11(9)16-2)12(15)10-4-3-6-13-10;/h9-11,13H,3-8H2,1-2H3;1H. The van der Waals surface area contributed by atoms with Crippen molar-refractivity contribution in [2.75, 3.05) is 26.7 Å². The number of ether oxygens (including phenoxy) is 1. The molecule has 0 aromatic heterocycles. The highest BCUT2D eigenvalue weighted by Gasteiger charge is 2.33. The summed E-state index contributed by atoms with van der Waals surface area (Å²) in [6.45, 7) is 4.82. The Morgan fingerprint density at radius 3 is 2.76 bits per heavy atom. The minimum Gasteiger partial charge on any atom is -0.379 e. The molecule has 5 heteroatoms. The van der Waals surface area contributed by atoms with Gasteiger partial charge in [-0.05, 0) is 31.7 Å². The van der Waals surface area contributed by atoms with E-state index in [0.717, 1.165) is 38.9 Å². The zero-order chi connectivity index (χ0) is 11.5. The van der Waals surface area contributed by atoms with Crippen LogP contribution >= 0.6 is 12.4 Å². The highest BCUT2D eigenvalue weighted by Crippen LogP contribution is 2.21. The summed E-state index contributed by atoms with van der Waals surface area (Å²) in [6, 6.07) is 0.0610. The molecule has 0 aliphatic carbocycles. The molecule has 3 atom stereocenters. The zero-order valence-electron chi connectivity index (χ0n) is 10.6. The van der Waals surface area contributed by atoms with Gasteiger partial charge >= 0.3 is 0 Å². The van der Waals surface area contributed by atoms with Crippen molar-refractivity contribution in [1.29, 1.82) is 0 Å². The summed E-state index contributed by atoms with van der Waals surface area (Å²) in [6.07, 6.45) is 3.37. The van der Waals surface area contributed by atoms with Crippen LogP contribution in [0.15, 0.2) is 0 Å². The third-order valence-corrected chi connectivity index (χ3v) is 3.86. The predicted molar refractivity (Wildman–Crippen MR) is 69.4 cm³/mol. The van der Waals surface area contributed by atoms with Gasteiger partial charge in [-0.15, -0.1) is 12.4 Å². The predicted octanol–water partition coefficient (Wildman–Crippen LogP) is 1.04. The second-order valence-electron chi connectivity index (χ2n) is 4.97. The normalized spacial score (nSPS) is 33.3. The zero-order valence-corrected chi connectivity index (χ0v) is 11.5. The van der Waals surface area contributed by atoms with Crippen LogP contribution in [0.4, 0.5) is 0 Å². The van der Waals surface area contributed by atoms with Crippen LogP contribution in [0.2, 0.25) is 0 Å². The minimum absolute atomic E-state index is 0. The fraction of sp³-hybridized carbons (Fsp3) is 0.917. The number of nitrogens with zero attached hydrogens (tertiary/aromatic N) is 1. The van der Waals surface area contributed by atoms with E-state index < -0.39 is 0 Å². The molecular formula is C12H23ClN2O2. The van der Waals surface area contributed by atoms with Gasteiger partial charge in [-0.25, -0.2) is 0 Å². The Labute approximate surface area is 109 Å². The van der Waals surface area contributed by atoms with Crippen LogP contribution in [0.1, 0.15) is 26.2 Å². The third-order valence-electron chi connectivity index (χ3n) is 3.86. The maximum absolute atomic E-state index is 12.2. The van der Waals surface area contributed by atoms with Crippen molar-refractivity contribution in [3.63, 3.8) is 0 Å². The summed E-state index contributed by atoms with van der Waals surface area (Å²) in [5.41, 5.74) is 0. The third kappa shape index (κ3) is 3.33. The number of piperidine rings is 1. The number of carbonyl (C=O) groups is 1. The first kappa shape index (κ1) is 14.7. The van der Waals surface area contributed by atoms with E-state index in [4.69, 9.17) is 4.74 Å². The maximum atomic E-state index is 12.2. The summed E-state index contributed by atoms with van der Waals surface area (Å²) in [5.74, 6) is 0.831. The van der Waals surface area contributed by atoms with Gasteiger partial charge in [0.25, 0.3) is 0 Å². The van der Waals surface area contributed by atoms with Crippen LogP contribution < -0.4 is 5.32 Å². The quantitative estimate of drug-likeness (QED) is 0.809. The molecule has 2 rings (SSSR count). The van der Waals surface area contributed by atoms with Crippen LogP contribution in [0.3, 0.4) is 0 Å². The van der Waals surface area contributed by atoms with Crippen molar-refractivity contribution >= 4 is 18.3 Å². The van der Waals surface area contributed by atoms with Gasteiger partial charge in [0.05, 0.1) is 12.1 Å². The Morgan fingerprint density at radius 2 is 2.18 bits per heavy atom. The Morgan fingerprint density at radius 1 is 1.41 bits per heavy atom. The number of hydrogen-bond acceptors (Lipinski definition) is 3. The van der Waals surface area contributed by atoms with Crippen molar-refractivity contribution in [3.8, 4) is 0 Å². The van der Waals surface area contributed by atoms with Crippen LogP contribution in [0.5, 0.6) is 0 Å². The first-order chi connectivity index (χ1) is 7.72. The van der Waals surface area contributed by atoms with E-state index in [9.17, 15) is 4.79 Å². The summed E-state index contributed by atoms with van der Waals surface area (Å²) in [5, 5.41) is 3.27. The lowest BCUT2D eigenvalue weighted by Crippen LogP contribution is -2.51. The first-order valence-corrected chi connectivity index (χ1v) is 6.27. The largest absolute Gasteiger partial charge is 0.379 e. The molecule has 1 amide bonds. The van der Waals surface area contributed by atoms with Crippen LogP contribution in [-0.4, -0.2) is 49.7 Å². The average Bonchev–Trinajstić information content (AvgIpc) is 2.82. The number of methoxy groups -OCH3 is 1. The van der Waals surface area contributed by atoms with Crippen molar-refractivity contribution in [2.45, 2.75) is 38.3 Å². The van der Waals surface area contributed by atoms with E-state index in [0.29, 0.717) is 5.92 Å². The lowest BCUT2D eigenvalue weighted by Gasteiger charge is -2.37. The van der Waals surface area contributed by atoms with Crippen molar-refractivity contribution < 1.29 is 9.53 Å². The number of carbonyl (C=O) groups excluding carboxylic acids is 1. The molecule has 1 N–H and O–H groups in total. The molecular weight excluding hydrogens is 240 g/mol. The highest BCUT2D eigenvalue weighted by molar-refractivity contribution is 5.85. The molecule has 17 heavy (non-hydrogen) atoms. The molecule has 0 aromatic carbocycles. The van der Waals surface area contributed by atoms with E-state index in [1.54, 1.807) is 7.11 Å². The number of nitrogens with one attached hydrogen (secondary N) is 1. The Kier molecular flexibility index (Phi) is 5.70. The molecule has 0 saturated carbocycles. The van der Waals surface area contributed by atoms with Crippen LogP contribution in [0.25, 0.3) is 0 Å². The van der Waals surface area contributed by atoms with E-state index in [-0.39, 0.29) is 30.5 Å². The fourth-order valence-electron chi connectivity index (χ4n) is 2.66. The minimum atomic E-state index is 0. The number of hydrogen-bond donors (Lipinski definition) is 1. The van der Waals surface area contributed by atoms with E-state index >= 15 is 0 Å². The number of rotatable bonds is 2. The van der Waals surface area contributed by atoms with Crippen molar-refractivity contribution in [1.82, 2.24) is 10.2 Å². The second-order valence-corrected chi connectivity index (χ2v) is 4.97. The molecule has 100 valence electrons. The number of likely N-dealkylation sites (tertiary alicyclic amines) is 1. The molecule has 0 bridgehead atoms. The van der Waals surface area contributed by atoms with Gasteiger partial charge < -0.3 is 15.0 Å². The summed E-state index contributed by atoms with van der Waals surface area (Å²) < 4.78 is 5.43. The van der Waals surface area contributed by atoms with E-state index in [1.165, 1.54) is 0 Å². The van der Waals surface area contributed by atoms with Gasteiger partial charge in [0.15, 0.2) is 0 Å². The fourth-order valence-corrected chi connectivity index (χ4v) is 2.66. The number of halogens is 1. The second kappa shape index (κ2) is 6.57. The average molecular weight is 263 g/mol. The summed E-state index contributed by atoms with van der Waals surface area (Å²) in [4.78, 5) is 14.1.